The van der Waals surface area contributed by atoms with Gasteiger partial charge in [0.15, 0.2) is 0 Å². The van der Waals surface area contributed by atoms with E-state index in [1.54, 1.807) is 12.0 Å². The number of rotatable bonds is 6. The highest BCUT2D eigenvalue weighted by molar-refractivity contribution is 9.10. The number of benzene rings is 1. The highest BCUT2D eigenvalue weighted by atomic mass is 79.9. The van der Waals surface area contributed by atoms with Gasteiger partial charge in [-0.15, -0.1) is 0 Å². The van der Waals surface area contributed by atoms with Crippen molar-refractivity contribution in [3.05, 3.63) is 34.3 Å². The molecule has 1 aromatic rings. The van der Waals surface area contributed by atoms with Crippen molar-refractivity contribution < 1.29 is 0 Å². The molecule has 4 saturated carbocycles. The summed E-state index contributed by atoms with van der Waals surface area (Å²) in [5, 5.41) is 0. The van der Waals surface area contributed by atoms with E-state index in [-0.39, 0.29) is 0 Å². The zero-order valence-corrected chi connectivity index (χ0v) is 24.4. The van der Waals surface area contributed by atoms with Gasteiger partial charge in [-0.1, -0.05) is 81.9 Å². The fourth-order valence-corrected chi connectivity index (χ4v) is 10.6. The predicted octanol–water partition coefficient (Wildman–Crippen LogP) is 10.7. The molecule has 0 spiro atoms. The third kappa shape index (κ3) is 4.48. The molecule has 0 radical (unpaired) electrons. The lowest BCUT2D eigenvalue weighted by Crippen LogP contribution is -2.53. The summed E-state index contributed by atoms with van der Waals surface area (Å²) < 4.78 is 1.21. The molecule has 4 aliphatic carbocycles. The molecule has 0 aliphatic heterocycles. The zero-order chi connectivity index (χ0) is 24.1. The van der Waals surface area contributed by atoms with E-state index in [0.717, 1.165) is 47.3 Å². The SMILES string of the molecule is CC(C)CCC[C@@H](C)[C@H]1CC[C@H]2C3CC[C@H]4CC(c5ccc(Br)cc5)CC[C@]4(C)[C@H]3CC[C@]12C. The van der Waals surface area contributed by atoms with Crippen molar-refractivity contribution in [1.82, 2.24) is 0 Å². The lowest BCUT2D eigenvalue weighted by atomic mass is 9.43. The molecular weight excluding hydrogens is 476 g/mol. The summed E-state index contributed by atoms with van der Waals surface area (Å²) in [4.78, 5) is 0. The summed E-state index contributed by atoms with van der Waals surface area (Å²) in [6.07, 6.45) is 17.8. The molecule has 4 fully saturated rings. The maximum atomic E-state index is 3.63. The van der Waals surface area contributed by atoms with Crippen molar-refractivity contribution in [2.75, 3.05) is 0 Å². The molecule has 4 aliphatic rings. The lowest BCUT2D eigenvalue weighted by Gasteiger charge is -2.61. The Labute approximate surface area is 219 Å². The molecular formula is C33H51Br. The Morgan fingerprint density at radius 1 is 0.824 bits per heavy atom. The third-order valence-electron chi connectivity index (χ3n) is 12.2. The zero-order valence-electron chi connectivity index (χ0n) is 22.8. The van der Waals surface area contributed by atoms with E-state index in [4.69, 9.17) is 0 Å². The van der Waals surface area contributed by atoms with Crippen LogP contribution in [0.15, 0.2) is 28.7 Å². The van der Waals surface area contributed by atoms with Gasteiger partial charge >= 0.3 is 0 Å². The first-order valence-corrected chi connectivity index (χ1v) is 15.8. The Bertz CT molecular complexity index is 825. The Morgan fingerprint density at radius 3 is 2.26 bits per heavy atom. The van der Waals surface area contributed by atoms with Gasteiger partial charge in [-0.2, -0.15) is 0 Å². The van der Waals surface area contributed by atoms with Gasteiger partial charge in [0, 0.05) is 4.47 Å². The Morgan fingerprint density at radius 2 is 1.53 bits per heavy atom. The minimum absolute atomic E-state index is 0.608. The van der Waals surface area contributed by atoms with Crippen molar-refractivity contribution in [2.24, 2.45) is 52.3 Å². The lowest BCUT2D eigenvalue weighted by molar-refractivity contribution is -0.117. The van der Waals surface area contributed by atoms with E-state index < -0.39 is 0 Å². The summed E-state index contributed by atoms with van der Waals surface area (Å²) in [5.41, 5.74) is 2.83. The van der Waals surface area contributed by atoms with Gasteiger partial charge in [0.05, 0.1) is 0 Å². The Balaban J connectivity index is 1.27. The first kappa shape index (κ1) is 25.4. The summed E-state index contributed by atoms with van der Waals surface area (Å²) in [7, 11) is 0. The van der Waals surface area contributed by atoms with Gasteiger partial charge in [0.2, 0.25) is 0 Å². The first-order chi connectivity index (χ1) is 16.2. The van der Waals surface area contributed by atoms with Crippen molar-refractivity contribution in [2.45, 2.75) is 118 Å². The van der Waals surface area contributed by atoms with Crippen molar-refractivity contribution in [1.29, 1.82) is 0 Å². The molecule has 190 valence electrons. The maximum absolute atomic E-state index is 3.63. The second-order valence-electron chi connectivity index (χ2n) is 14.2. The van der Waals surface area contributed by atoms with E-state index in [0.29, 0.717) is 10.8 Å². The average molecular weight is 528 g/mol. The normalized spacial score (nSPS) is 42.7. The molecule has 0 bridgehead atoms. The van der Waals surface area contributed by atoms with Gasteiger partial charge in [-0.3, -0.25) is 0 Å². The van der Waals surface area contributed by atoms with Crippen LogP contribution in [-0.2, 0) is 0 Å². The maximum Gasteiger partial charge on any atom is 0.0175 e. The van der Waals surface area contributed by atoms with E-state index in [1.165, 1.54) is 75.1 Å². The summed E-state index contributed by atoms with van der Waals surface area (Å²) >= 11 is 3.63. The molecule has 1 aromatic carbocycles. The smallest absolute Gasteiger partial charge is 0.0175 e. The molecule has 0 amide bonds. The summed E-state index contributed by atoms with van der Waals surface area (Å²) in [5.74, 6) is 7.58. The van der Waals surface area contributed by atoms with E-state index >= 15 is 0 Å². The number of halogens is 1. The van der Waals surface area contributed by atoms with Gasteiger partial charge in [0.25, 0.3) is 0 Å². The van der Waals surface area contributed by atoms with E-state index in [9.17, 15) is 0 Å². The molecule has 0 nitrogen and oxygen atoms in total. The molecule has 0 aromatic heterocycles. The Kier molecular flexibility index (Phi) is 7.36. The van der Waals surface area contributed by atoms with Crippen LogP contribution in [0.25, 0.3) is 0 Å². The number of hydrogen-bond acceptors (Lipinski definition) is 0. The van der Waals surface area contributed by atoms with Crippen LogP contribution in [0.2, 0.25) is 0 Å². The van der Waals surface area contributed by atoms with Crippen LogP contribution in [0.1, 0.15) is 123 Å². The van der Waals surface area contributed by atoms with Gasteiger partial charge in [-0.05, 0) is 134 Å². The molecule has 9 atom stereocenters. The molecule has 34 heavy (non-hydrogen) atoms. The number of fused-ring (bicyclic) bond motifs is 5. The predicted molar refractivity (Wildman–Crippen MR) is 150 cm³/mol. The molecule has 5 rings (SSSR count). The van der Waals surface area contributed by atoms with Gasteiger partial charge in [-0.25, -0.2) is 0 Å². The number of hydrogen-bond donors (Lipinski definition) is 0. The average Bonchev–Trinajstić information content (AvgIpc) is 3.16. The van der Waals surface area contributed by atoms with Crippen LogP contribution in [0.4, 0.5) is 0 Å². The van der Waals surface area contributed by atoms with Crippen LogP contribution in [0.5, 0.6) is 0 Å². The Hall–Kier alpha value is -0.300. The van der Waals surface area contributed by atoms with Crippen LogP contribution in [0, 0.1) is 52.3 Å². The second-order valence-corrected chi connectivity index (χ2v) is 15.1. The minimum Gasteiger partial charge on any atom is -0.0628 e. The van der Waals surface area contributed by atoms with Crippen molar-refractivity contribution in [3.8, 4) is 0 Å². The second kappa shape index (κ2) is 9.87. The van der Waals surface area contributed by atoms with Crippen LogP contribution in [-0.4, -0.2) is 0 Å². The summed E-state index contributed by atoms with van der Waals surface area (Å²) in [6, 6.07) is 9.27. The molecule has 0 heterocycles. The fraction of sp³-hybridized carbons (Fsp3) is 0.818. The van der Waals surface area contributed by atoms with E-state index in [2.05, 4.69) is 74.8 Å². The minimum atomic E-state index is 0.608. The van der Waals surface area contributed by atoms with Crippen LogP contribution in [0.3, 0.4) is 0 Å². The third-order valence-corrected chi connectivity index (χ3v) is 12.7. The van der Waals surface area contributed by atoms with Crippen molar-refractivity contribution >= 4 is 15.9 Å². The quantitative estimate of drug-likeness (QED) is 0.345. The molecule has 1 heteroatoms. The largest absolute Gasteiger partial charge is 0.0628 e. The van der Waals surface area contributed by atoms with Gasteiger partial charge in [0.1, 0.15) is 0 Å². The van der Waals surface area contributed by atoms with Crippen LogP contribution >= 0.6 is 15.9 Å². The standard InChI is InChI=1S/C33H51Br/c1-22(2)7-6-8-23(3)29-15-16-30-28-14-11-26-21-25(24-9-12-27(34)13-10-24)17-19-32(26,4)31(28)18-20-33(29,30)5/h9-10,12-13,22-23,25-26,28-31H,6-8,11,14-21H2,1-5H3/t23-,25?,26+,28?,29-,30+,31+,32+,33-/m1/s1. The highest BCUT2D eigenvalue weighted by Crippen LogP contribution is 2.69. The van der Waals surface area contributed by atoms with Crippen molar-refractivity contribution in [3.63, 3.8) is 0 Å². The molecule has 0 saturated heterocycles. The topological polar surface area (TPSA) is 0 Å². The molecule has 0 N–H and O–H groups in total. The summed E-state index contributed by atoms with van der Waals surface area (Å²) in [6.45, 7) is 12.9. The molecule has 2 unspecified atom stereocenters. The monoisotopic (exact) mass is 526 g/mol. The highest BCUT2D eigenvalue weighted by Gasteiger charge is 2.60. The first-order valence-electron chi connectivity index (χ1n) is 15.0. The van der Waals surface area contributed by atoms with Gasteiger partial charge < -0.3 is 0 Å². The van der Waals surface area contributed by atoms with E-state index in [1.807, 2.05) is 0 Å². The van der Waals surface area contributed by atoms with Crippen LogP contribution < -0.4 is 0 Å². The fourth-order valence-electron chi connectivity index (χ4n) is 10.3.